The number of benzene rings is 2. The Morgan fingerprint density at radius 1 is 0.852 bits per heavy atom. The average Bonchev–Trinajstić information content (AvgIpc) is 2.72. The van der Waals surface area contributed by atoms with Gasteiger partial charge in [0, 0.05) is 0 Å². The van der Waals surface area contributed by atoms with Gasteiger partial charge in [0.25, 0.3) is 0 Å². The molecule has 0 saturated carbocycles. The Balaban J connectivity index is -0.000000301. The molecule has 0 amide bonds. The van der Waals surface area contributed by atoms with E-state index in [4.69, 9.17) is 40.2 Å². The molecule has 8 heteroatoms. The zero-order valence-corrected chi connectivity index (χ0v) is 22.1. The molecule has 0 aliphatic heterocycles. The first kappa shape index (κ1) is 31.9. The van der Waals surface area contributed by atoms with Crippen LogP contribution in [0, 0.1) is 6.65 Å². The molecule has 0 aliphatic carbocycles. The van der Waals surface area contributed by atoms with Crippen LogP contribution in [0.25, 0.3) is 0 Å². The van der Waals surface area contributed by atoms with Crippen molar-refractivity contribution in [2.75, 3.05) is 32.5 Å². The zero-order chi connectivity index (χ0) is 21.5. The van der Waals surface area contributed by atoms with Crippen molar-refractivity contribution in [1.82, 2.24) is 0 Å². The maximum atomic E-state index is 8.92. The van der Waals surface area contributed by atoms with Crippen LogP contribution < -0.4 is 10.6 Å². The van der Waals surface area contributed by atoms with E-state index in [2.05, 4.69) is 94.0 Å². The molecule has 0 spiro atoms. The Morgan fingerprint density at radius 2 is 1.07 bits per heavy atom. The standard InChI is InChI=1S/2C8H11P.C2H2ClO.CO.2ClH.Ir/c2*1-9(2)8-6-4-3-5-7-8;3-1-2-4;1-2;;;/h2*3-7H,1-2H3;1H2;;2*1H;/q;;-1;;;;+3/p-2. The zero-order valence-electron chi connectivity index (χ0n) is 15.7. The van der Waals surface area contributed by atoms with Crippen LogP contribution in [0.1, 0.15) is 0 Å². The van der Waals surface area contributed by atoms with Gasteiger partial charge in [-0.2, -0.15) is 11.6 Å². The van der Waals surface area contributed by atoms with Gasteiger partial charge in [-0.15, -0.1) is 0 Å². The van der Waals surface area contributed by atoms with Crippen LogP contribution >= 0.6 is 46.6 Å². The van der Waals surface area contributed by atoms with Gasteiger partial charge in [0.1, 0.15) is 0 Å². The molecule has 0 radical (unpaired) electrons. The molecule has 2 aromatic carbocycles. The summed E-state index contributed by atoms with van der Waals surface area (Å²) in [6.07, 6.45) is 1.45. The van der Waals surface area contributed by atoms with Crippen molar-refractivity contribution in [2.24, 2.45) is 0 Å². The summed E-state index contributed by atoms with van der Waals surface area (Å²) in [6.45, 7) is 13.6. The number of halogens is 3. The summed E-state index contributed by atoms with van der Waals surface area (Å²) < 4.78 is 7.50. The first-order chi connectivity index (χ1) is 12.9. The summed E-state index contributed by atoms with van der Waals surface area (Å²) in [7, 11) is 9.99. The third kappa shape index (κ3) is 24.2. The van der Waals surface area contributed by atoms with Crippen LogP contribution in [-0.2, 0) is 25.1 Å². The van der Waals surface area contributed by atoms with Crippen molar-refractivity contribution >= 4 is 63.5 Å². The molecule has 0 bridgehead atoms. The fraction of sp³-hybridized carbons (Fsp3) is 0.263. The molecule has 0 aliphatic rings. The molecule has 0 heterocycles. The first-order valence-corrected chi connectivity index (χ1v) is 18.3. The second-order valence-corrected chi connectivity index (χ2v) is 13.1. The van der Waals surface area contributed by atoms with Crippen molar-refractivity contribution < 1.29 is 25.1 Å². The van der Waals surface area contributed by atoms with Gasteiger partial charge in [-0.25, -0.2) is 6.29 Å². The fourth-order valence-electron chi connectivity index (χ4n) is 1.45. The number of alkyl halides is 1. The second kappa shape index (κ2) is 26.2. The van der Waals surface area contributed by atoms with Gasteiger partial charge in [0.05, 0.1) is 0 Å². The Labute approximate surface area is 187 Å². The molecule has 0 saturated heterocycles. The van der Waals surface area contributed by atoms with Gasteiger partial charge in [-0.3, -0.25) is 0 Å². The number of hydrogen-bond acceptors (Lipinski definition) is 1. The molecule has 0 aromatic heterocycles. The molecule has 0 fully saturated rings. The van der Waals surface area contributed by atoms with Gasteiger partial charge in [0.2, 0.25) is 0 Å². The molecular weight excluding hydrogens is 621 g/mol. The van der Waals surface area contributed by atoms with E-state index in [0.29, 0.717) is 0 Å². The first-order valence-electron chi connectivity index (χ1n) is 7.34. The van der Waals surface area contributed by atoms with Crippen LogP contribution in [0.4, 0.5) is 0 Å². The van der Waals surface area contributed by atoms with Crippen molar-refractivity contribution in [3.05, 3.63) is 67.3 Å². The van der Waals surface area contributed by atoms with E-state index >= 15 is 0 Å². The van der Waals surface area contributed by atoms with Gasteiger partial charge in [0.15, 0.2) is 0 Å². The summed E-state index contributed by atoms with van der Waals surface area (Å²) in [4.78, 5) is 8.92. The molecule has 2 nitrogen and oxygen atoms in total. The molecule has 2 aromatic rings. The van der Waals surface area contributed by atoms with Crippen LogP contribution in [-0.4, -0.2) is 38.8 Å². The summed E-state index contributed by atoms with van der Waals surface area (Å²) in [5.41, 5.74) is 0. The molecular formula is C19H24Cl3IrO2P2. The van der Waals surface area contributed by atoms with Crippen LogP contribution in [0.2, 0.25) is 0 Å². The van der Waals surface area contributed by atoms with E-state index < -0.39 is 15.7 Å². The fourth-order valence-corrected chi connectivity index (χ4v) is 2.99. The monoisotopic (exact) mass is 644 g/mol. The van der Waals surface area contributed by atoms with Crippen molar-refractivity contribution in [1.29, 1.82) is 0 Å². The quantitative estimate of drug-likeness (QED) is 0.181. The summed E-state index contributed by atoms with van der Waals surface area (Å²) in [5.74, 6) is -0.0139. The molecule has 27 heavy (non-hydrogen) atoms. The summed E-state index contributed by atoms with van der Waals surface area (Å²) >= 11 is 4.21. The van der Waals surface area contributed by atoms with Crippen molar-refractivity contribution in [2.45, 2.75) is 0 Å². The SMILES string of the molecule is CP(C)c1ccccc1.CP(C)c1ccccc1.O=[C-]CCl.[C-]#[O+].[Cl][Ir+][Cl]. The molecule has 0 unspecified atom stereocenters. The Morgan fingerprint density at radius 3 is 1.19 bits per heavy atom. The number of hydrogen-bond donors (Lipinski definition) is 0. The van der Waals surface area contributed by atoms with Crippen LogP contribution in [0.3, 0.4) is 0 Å². The van der Waals surface area contributed by atoms with Gasteiger partial charge >= 0.3 is 46.1 Å². The minimum absolute atomic E-state index is 0.0139. The van der Waals surface area contributed by atoms with E-state index in [9.17, 15) is 0 Å². The topological polar surface area (TPSA) is 37.0 Å². The third-order valence-electron chi connectivity index (χ3n) is 2.60. The summed E-state index contributed by atoms with van der Waals surface area (Å²) in [6, 6.07) is 21.2. The van der Waals surface area contributed by atoms with Gasteiger partial charge < -0.3 is 4.79 Å². The maximum absolute atomic E-state index is 8.92. The van der Waals surface area contributed by atoms with Crippen LogP contribution in [0.15, 0.2) is 60.7 Å². The molecule has 0 atom stereocenters. The normalized spacial score (nSPS) is 8.56. The van der Waals surface area contributed by atoms with E-state index in [0.717, 1.165) is 0 Å². The second-order valence-electron chi connectivity index (χ2n) is 4.79. The van der Waals surface area contributed by atoms with E-state index in [1.807, 2.05) is 0 Å². The molecule has 0 N–H and O–H groups in total. The van der Waals surface area contributed by atoms with Crippen LogP contribution in [0.5, 0.6) is 0 Å². The van der Waals surface area contributed by atoms with E-state index in [-0.39, 0.29) is 21.7 Å². The third-order valence-corrected chi connectivity index (χ3v) is 5.37. The Bertz CT molecular complexity index is 513. The number of rotatable bonds is 3. The van der Waals surface area contributed by atoms with Crippen molar-refractivity contribution in [3.63, 3.8) is 0 Å². The average molecular weight is 645 g/mol. The molecule has 152 valence electrons. The number of carbonyl (C=O) groups excluding carboxylic acids is 1. The van der Waals surface area contributed by atoms with E-state index in [1.54, 1.807) is 0 Å². The minimum atomic E-state index is -0.556. The van der Waals surface area contributed by atoms with Gasteiger partial charge in [-0.1, -0.05) is 82.4 Å². The van der Waals surface area contributed by atoms with E-state index in [1.165, 1.54) is 16.9 Å². The Hall–Kier alpha value is 0.229. The predicted octanol–water partition coefficient (Wildman–Crippen LogP) is 5.78. The Kier molecular flexibility index (Phi) is 31.0. The molecule has 2 rings (SSSR count). The van der Waals surface area contributed by atoms with Crippen molar-refractivity contribution in [3.8, 4) is 0 Å². The predicted molar refractivity (Wildman–Crippen MR) is 122 cm³/mol. The summed E-state index contributed by atoms with van der Waals surface area (Å²) in [5, 5.41) is 2.96. The van der Waals surface area contributed by atoms with Gasteiger partial charge in [-0.05, 0) is 37.3 Å².